The maximum atomic E-state index is 6.74. The Morgan fingerprint density at radius 1 is 0.410 bits per heavy atom. The number of hydrogen-bond acceptors (Lipinski definition) is 3. The van der Waals surface area contributed by atoms with E-state index in [4.69, 9.17) is 4.74 Å². The van der Waals surface area contributed by atoms with Gasteiger partial charge in [-0.25, -0.2) is 0 Å². The summed E-state index contributed by atoms with van der Waals surface area (Å²) in [6, 6.07) is 76.5. The fraction of sp³-hybridized carbons (Fsp3) is 0.0526. The van der Waals surface area contributed by atoms with Gasteiger partial charge < -0.3 is 19.1 Å². The van der Waals surface area contributed by atoms with E-state index in [1.54, 1.807) is 0 Å². The topological polar surface area (TPSA) is 20.6 Å². The summed E-state index contributed by atoms with van der Waals surface area (Å²) in [5.74, 6) is 1.63. The lowest BCUT2D eigenvalue weighted by Gasteiger charge is -2.34. The van der Waals surface area contributed by atoms with E-state index < -0.39 is 0 Å². The first kappa shape index (κ1) is 35.2. The van der Waals surface area contributed by atoms with Crippen LogP contribution in [0.4, 0.5) is 34.1 Å². The lowest BCUT2D eigenvalue weighted by Crippen LogP contribution is -2.18. The normalized spacial score (nSPS) is 13.3. The third kappa shape index (κ3) is 5.53. The van der Waals surface area contributed by atoms with Crippen LogP contribution in [0.25, 0.3) is 49.7 Å². The van der Waals surface area contributed by atoms with Gasteiger partial charge in [-0.05, 0) is 124 Å². The molecular formula is C57H41N3O. The van der Waals surface area contributed by atoms with Crippen LogP contribution in [0.2, 0.25) is 0 Å². The van der Waals surface area contributed by atoms with Crippen LogP contribution in [0.5, 0.6) is 11.5 Å². The third-order valence-corrected chi connectivity index (χ3v) is 12.8. The minimum absolute atomic E-state index is 0.140. The number of fused-ring (bicyclic) bond motifs is 8. The number of rotatable bonds is 6. The number of aromatic nitrogens is 1. The zero-order valence-corrected chi connectivity index (χ0v) is 34.0. The largest absolute Gasteiger partial charge is 0.453 e. The number of para-hydroxylation sites is 5. The smallest absolute Gasteiger partial charge is 0.153 e. The molecule has 0 saturated carbocycles. The van der Waals surface area contributed by atoms with Crippen molar-refractivity contribution in [1.82, 2.24) is 4.57 Å². The van der Waals surface area contributed by atoms with E-state index in [0.29, 0.717) is 0 Å². The van der Waals surface area contributed by atoms with Crippen molar-refractivity contribution in [3.8, 4) is 39.4 Å². The van der Waals surface area contributed by atoms with Gasteiger partial charge in [0, 0.05) is 50.7 Å². The molecule has 10 aromatic rings. The highest BCUT2D eigenvalue weighted by Crippen LogP contribution is 2.54. The molecule has 2 aliphatic rings. The number of ether oxygens (including phenoxy) is 1. The number of benzene rings is 9. The van der Waals surface area contributed by atoms with Crippen LogP contribution < -0.4 is 14.5 Å². The molecule has 9 aromatic carbocycles. The Labute approximate surface area is 355 Å². The summed E-state index contributed by atoms with van der Waals surface area (Å²) in [4.78, 5) is 4.66. The minimum Gasteiger partial charge on any atom is -0.453 e. The second kappa shape index (κ2) is 13.6. The summed E-state index contributed by atoms with van der Waals surface area (Å²) in [7, 11) is 0. The van der Waals surface area contributed by atoms with Gasteiger partial charge in [0.1, 0.15) is 0 Å². The van der Waals surface area contributed by atoms with E-state index in [-0.39, 0.29) is 5.41 Å². The highest BCUT2D eigenvalue weighted by molar-refractivity contribution is 6.10. The molecule has 0 amide bonds. The van der Waals surface area contributed by atoms with Crippen LogP contribution in [0.1, 0.15) is 25.0 Å². The minimum atomic E-state index is -0.140. The van der Waals surface area contributed by atoms with E-state index in [1.807, 2.05) is 12.1 Å². The summed E-state index contributed by atoms with van der Waals surface area (Å²) >= 11 is 0. The first-order valence-corrected chi connectivity index (χ1v) is 21.0. The molecule has 4 nitrogen and oxygen atoms in total. The lowest BCUT2D eigenvalue weighted by molar-refractivity contribution is 0.477. The maximum Gasteiger partial charge on any atom is 0.153 e. The number of anilines is 6. The summed E-state index contributed by atoms with van der Waals surface area (Å²) in [5, 5.41) is 2.49. The Morgan fingerprint density at radius 3 is 1.85 bits per heavy atom. The van der Waals surface area contributed by atoms with Gasteiger partial charge in [0.05, 0.1) is 22.4 Å². The molecule has 12 rings (SSSR count). The highest BCUT2D eigenvalue weighted by atomic mass is 16.5. The number of hydrogen-bond donors (Lipinski definition) is 0. The van der Waals surface area contributed by atoms with Crippen LogP contribution >= 0.6 is 0 Å². The molecular weight excluding hydrogens is 743 g/mol. The standard InChI is InChI=1S/C57H41N3O/c1-57(2)49-21-11-9-19-45(49)46-32-30-43(36-50(46)57)58(44-31-34-54-56(37-44)61-55-24-14-13-23-53(55)60(54)41-17-7-4-8-18-41)42-28-25-38(26-29-42)39-27-33-52-48(35-39)47-20-10-12-22-51(47)59(52)40-15-5-3-6-16-40/h3-37H,1-2H3. The van der Waals surface area contributed by atoms with E-state index >= 15 is 0 Å². The summed E-state index contributed by atoms with van der Waals surface area (Å²) in [6.07, 6.45) is 0. The molecule has 61 heavy (non-hydrogen) atoms. The van der Waals surface area contributed by atoms with E-state index in [2.05, 4.69) is 228 Å². The van der Waals surface area contributed by atoms with Crippen molar-refractivity contribution >= 4 is 55.9 Å². The summed E-state index contributed by atoms with van der Waals surface area (Å²) in [6.45, 7) is 4.69. The van der Waals surface area contributed by atoms with Gasteiger partial charge in [0.25, 0.3) is 0 Å². The van der Waals surface area contributed by atoms with Crippen LogP contribution in [0.15, 0.2) is 212 Å². The molecule has 2 heterocycles. The third-order valence-electron chi connectivity index (χ3n) is 12.8. The van der Waals surface area contributed by atoms with Crippen molar-refractivity contribution in [3.05, 3.63) is 223 Å². The van der Waals surface area contributed by atoms with Gasteiger partial charge in [-0.3, -0.25) is 0 Å². The maximum absolute atomic E-state index is 6.74. The fourth-order valence-corrected chi connectivity index (χ4v) is 9.83. The Bertz CT molecular complexity index is 3310. The van der Waals surface area contributed by atoms with Crippen molar-refractivity contribution < 1.29 is 4.74 Å². The van der Waals surface area contributed by atoms with E-state index in [9.17, 15) is 0 Å². The molecule has 0 atom stereocenters. The quantitative estimate of drug-likeness (QED) is 0.168. The van der Waals surface area contributed by atoms with Gasteiger partial charge in [-0.15, -0.1) is 0 Å². The van der Waals surface area contributed by atoms with Gasteiger partial charge in [0.15, 0.2) is 11.5 Å². The molecule has 0 spiro atoms. The van der Waals surface area contributed by atoms with Crippen molar-refractivity contribution in [3.63, 3.8) is 0 Å². The second-order valence-corrected chi connectivity index (χ2v) is 16.6. The fourth-order valence-electron chi connectivity index (χ4n) is 9.83. The zero-order chi connectivity index (χ0) is 40.7. The Morgan fingerprint density at radius 2 is 1.02 bits per heavy atom. The zero-order valence-electron chi connectivity index (χ0n) is 34.0. The molecule has 0 fully saturated rings. The monoisotopic (exact) mass is 783 g/mol. The van der Waals surface area contributed by atoms with Crippen LogP contribution in [-0.4, -0.2) is 4.57 Å². The molecule has 290 valence electrons. The lowest BCUT2D eigenvalue weighted by atomic mass is 9.82. The molecule has 0 unspecified atom stereocenters. The molecule has 1 aliphatic carbocycles. The Balaban J connectivity index is 0.987. The van der Waals surface area contributed by atoms with Crippen LogP contribution in [0, 0.1) is 0 Å². The van der Waals surface area contributed by atoms with Crippen molar-refractivity contribution in [2.75, 3.05) is 9.80 Å². The molecule has 0 N–H and O–H groups in total. The van der Waals surface area contributed by atoms with Gasteiger partial charge >= 0.3 is 0 Å². The van der Waals surface area contributed by atoms with E-state index in [0.717, 1.165) is 56.9 Å². The molecule has 0 bridgehead atoms. The predicted molar refractivity (Wildman–Crippen MR) is 253 cm³/mol. The first-order chi connectivity index (χ1) is 30.0. The molecule has 4 heteroatoms. The summed E-state index contributed by atoms with van der Waals surface area (Å²) in [5.41, 5.74) is 17.4. The highest BCUT2D eigenvalue weighted by Gasteiger charge is 2.36. The van der Waals surface area contributed by atoms with Crippen LogP contribution in [-0.2, 0) is 5.41 Å². The molecule has 0 radical (unpaired) electrons. The average Bonchev–Trinajstić information content (AvgIpc) is 3.76. The predicted octanol–water partition coefficient (Wildman–Crippen LogP) is 15.8. The van der Waals surface area contributed by atoms with Gasteiger partial charge in [0.2, 0.25) is 0 Å². The molecule has 0 saturated heterocycles. The Hall–Kier alpha value is -7.82. The van der Waals surface area contributed by atoms with Crippen LogP contribution in [0.3, 0.4) is 0 Å². The molecule has 1 aliphatic heterocycles. The van der Waals surface area contributed by atoms with Gasteiger partial charge in [-0.1, -0.05) is 129 Å². The Kier molecular flexibility index (Phi) is 7.85. The SMILES string of the molecule is CC1(C)c2ccccc2-c2ccc(N(c3ccc(-c4ccc5c(c4)c4ccccc4n5-c4ccccc4)cc3)c3ccc4c(c3)Oc3ccccc3N4c3ccccc3)cc21. The van der Waals surface area contributed by atoms with Crippen molar-refractivity contribution in [2.45, 2.75) is 19.3 Å². The first-order valence-electron chi connectivity index (χ1n) is 21.0. The molecule has 1 aromatic heterocycles. The van der Waals surface area contributed by atoms with Crippen molar-refractivity contribution in [2.24, 2.45) is 0 Å². The van der Waals surface area contributed by atoms with E-state index in [1.165, 1.54) is 49.6 Å². The number of nitrogens with zero attached hydrogens (tertiary/aromatic N) is 3. The second-order valence-electron chi connectivity index (χ2n) is 16.6. The average molecular weight is 784 g/mol. The van der Waals surface area contributed by atoms with Gasteiger partial charge in [-0.2, -0.15) is 0 Å². The van der Waals surface area contributed by atoms with Crippen molar-refractivity contribution in [1.29, 1.82) is 0 Å². The summed E-state index contributed by atoms with van der Waals surface area (Å²) < 4.78 is 9.11.